The van der Waals surface area contributed by atoms with Gasteiger partial charge in [0, 0.05) is 0 Å². The van der Waals surface area contributed by atoms with Crippen molar-refractivity contribution in [3.63, 3.8) is 0 Å². The SMILES string of the molecule is O=C(O)Cc1ccccc1-c1ccc(C=NNc2ccccc2)cc1. The molecule has 0 fully saturated rings. The third-order valence-corrected chi connectivity index (χ3v) is 3.76. The Morgan fingerprint density at radius 3 is 2.32 bits per heavy atom. The molecule has 0 bridgehead atoms. The fourth-order valence-electron chi connectivity index (χ4n) is 2.56. The molecule has 3 aromatic rings. The van der Waals surface area contributed by atoms with Crippen molar-refractivity contribution >= 4 is 17.9 Å². The number of hydrogen-bond acceptors (Lipinski definition) is 3. The van der Waals surface area contributed by atoms with Gasteiger partial charge in [0.25, 0.3) is 0 Å². The Morgan fingerprint density at radius 1 is 0.920 bits per heavy atom. The number of nitrogens with one attached hydrogen (secondary N) is 1. The van der Waals surface area contributed by atoms with Crippen LogP contribution in [-0.4, -0.2) is 17.3 Å². The summed E-state index contributed by atoms with van der Waals surface area (Å²) in [6, 6.07) is 25.2. The molecule has 0 aliphatic heterocycles. The first-order chi connectivity index (χ1) is 12.2. The third-order valence-electron chi connectivity index (χ3n) is 3.76. The first kappa shape index (κ1) is 16.5. The van der Waals surface area contributed by atoms with Crippen molar-refractivity contribution in [3.8, 4) is 11.1 Å². The zero-order valence-electron chi connectivity index (χ0n) is 13.6. The van der Waals surface area contributed by atoms with E-state index in [1.165, 1.54) is 0 Å². The number of para-hydroxylation sites is 1. The fourth-order valence-corrected chi connectivity index (χ4v) is 2.56. The number of benzene rings is 3. The molecule has 0 saturated heterocycles. The molecular weight excluding hydrogens is 312 g/mol. The maximum atomic E-state index is 11.0. The van der Waals surface area contributed by atoms with Gasteiger partial charge in [0.2, 0.25) is 0 Å². The van der Waals surface area contributed by atoms with Crippen molar-refractivity contribution in [3.05, 3.63) is 90.0 Å². The lowest BCUT2D eigenvalue weighted by Crippen LogP contribution is -2.01. The highest BCUT2D eigenvalue weighted by Crippen LogP contribution is 2.24. The van der Waals surface area contributed by atoms with Gasteiger partial charge in [-0.05, 0) is 34.4 Å². The van der Waals surface area contributed by atoms with Crippen molar-refractivity contribution < 1.29 is 9.90 Å². The number of nitrogens with zero attached hydrogens (tertiary/aromatic N) is 1. The van der Waals surface area contributed by atoms with Crippen LogP contribution in [0.1, 0.15) is 11.1 Å². The summed E-state index contributed by atoms with van der Waals surface area (Å²) in [7, 11) is 0. The van der Waals surface area contributed by atoms with Crippen LogP contribution in [0.5, 0.6) is 0 Å². The van der Waals surface area contributed by atoms with Crippen LogP contribution in [0.3, 0.4) is 0 Å². The van der Waals surface area contributed by atoms with Gasteiger partial charge < -0.3 is 5.11 Å². The van der Waals surface area contributed by atoms with E-state index in [0.29, 0.717) is 0 Å². The summed E-state index contributed by atoms with van der Waals surface area (Å²) in [4.78, 5) is 11.0. The lowest BCUT2D eigenvalue weighted by molar-refractivity contribution is -0.136. The Kier molecular flexibility index (Phi) is 5.22. The quantitative estimate of drug-likeness (QED) is 0.519. The summed E-state index contributed by atoms with van der Waals surface area (Å²) in [6.07, 6.45) is 1.76. The number of carboxylic acid groups (broad SMARTS) is 1. The van der Waals surface area contributed by atoms with Crippen LogP contribution in [0.2, 0.25) is 0 Å². The first-order valence-electron chi connectivity index (χ1n) is 7.96. The molecule has 3 aromatic carbocycles. The minimum Gasteiger partial charge on any atom is -0.481 e. The van der Waals surface area contributed by atoms with Gasteiger partial charge in [-0.15, -0.1) is 0 Å². The average molecular weight is 330 g/mol. The Morgan fingerprint density at radius 2 is 1.60 bits per heavy atom. The Bertz CT molecular complexity index is 872. The highest BCUT2D eigenvalue weighted by molar-refractivity contribution is 5.82. The molecule has 4 heteroatoms. The Balaban J connectivity index is 1.73. The Labute approximate surface area is 146 Å². The summed E-state index contributed by atoms with van der Waals surface area (Å²) in [5, 5.41) is 13.3. The molecule has 0 unspecified atom stereocenters. The second-order valence-corrected chi connectivity index (χ2v) is 5.59. The van der Waals surface area contributed by atoms with Gasteiger partial charge in [-0.1, -0.05) is 66.7 Å². The van der Waals surface area contributed by atoms with Crippen LogP contribution in [0.4, 0.5) is 5.69 Å². The number of hydrogen-bond donors (Lipinski definition) is 2. The van der Waals surface area contributed by atoms with Crippen LogP contribution >= 0.6 is 0 Å². The van der Waals surface area contributed by atoms with Crippen molar-refractivity contribution in [1.29, 1.82) is 0 Å². The second kappa shape index (κ2) is 7.93. The predicted molar refractivity (Wildman–Crippen MR) is 101 cm³/mol. The third kappa shape index (κ3) is 4.54. The standard InChI is InChI=1S/C21H18N2O2/c24-21(25)14-18-6-4-5-9-20(18)17-12-10-16(11-13-17)15-22-23-19-7-2-1-3-8-19/h1-13,15,23H,14H2,(H,24,25). The molecular formula is C21H18N2O2. The summed E-state index contributed by atoms with van der Waals surface area (Å²) < 4.78 is 0. The molecule has 0 amide bonds. The zero-order valence-corrected chi connectivity index (χ0v) is 13.6. The van der Waals surface area contributed by atoms with E-state index >= 15 is 0 Å². The zero-order chi connectivity index (χ0) is 17.5. The highest BCUT2D eigenvalue weighted by atomic mass is 16.4. The normalized spacial score (nSPS) is 10.7. The van der Waals surface area contributed by atoms with Crippen LogP contribution in [0.15, 0.2) is 84.0 Å². The monoisotopic (exact) mass is 330 g/mol. The molecule has 0 aliphatic carbocycles. The van der Waals surface area contributed by atoms with Crippen LogP contribution in [0, 0.1) is 0 Å². The van der Waals surface area contributed by atoms with E-state index in [1.807, 2.05) is 78.9 Å². The van der Waals surface area contributed by atoms with Crippen molar-refractivity contribution in [2.45, 2.75) is 6.42 Å². The van der Waals surface area contributed by atoms with Crippen LogP contribution in [-0.2, 0) is 11.2 Å². The number of carboxylic acids is 1. The molecule has 25 heavy (non-hydrogen) atoms. The smallest absolute Gasteiger partial charge is 0.307 e. The number of aliphatic carboxylic acids is 1. The molecule has 0 aromatic heterocycles. The van der Waals surface area contributed by atoms with E-state index in [4.69, 9.17) is 5.11 Å². The van der Waals surface area contributed by atoms with Gasteiger partial charge in [-0.2, -0.15) is 5.10 Å². The van der Waals surface area contributed by atoms with Gasteiger partial charge in [0.1, 0.15) is 0 Å². The molecule has 0 atom stereocenters. The minimum absolute atomic E-state index is 0.0143. The van der Waals surface area contributed by atoms with Gasteiger partial charge in [-0.3, -0.25) is 10.2 Å². The minimum atomic E-state index is -0.830. The molecule has 2 N–H and O–H groups in total. The second-order valence-electron chi connectivity index (χ2n) is 5.59. The van der Waals surface area contributed by atoms with E-state index in [1.54, 1.807) is 6.21 Å². The maximum Gasteiger partial charge on any atom is 0.307 e. The molecule has 0 saturated carbocycles. The number of anilines is 1. The van der Waals surface area contributed by atoms with E-state index in [2.05, 4.69) is 10.5 Å². The Hall–Kier alpha value is -3.40. The van der Waals surface area contributed by atoms with E-state index < -0.39 is 5.97 Å². The topological polar surface area (TPSA) is 61.7 Å². The van der Waals surface area contributed by atoms with Crippen LogP contribution < -0.4 is 5.43 Å². The van der Waals surface area contributed by atoms with Gasteiger partial charge in [0.05, 0.1) is 18.3 Å². The highest BCUT2D eigenvalue weighted by Gasteiger charge is 2.07. The lowest BCUT2D eigenvalue weighted by Gasteiger charge is -2.08. The molecule has 0 aliphatic rings. The van der Waals surface area contributed by atoms with Crippen molar-refractivity contribution in [1.82, 2.24) is 0 Å². The molecule has 4 nitrogen and oxygen atoms in total. The number of rotatable bonds is 6. The molecule has 124 valence electrons. The van der Waals surface area contributed by atoms with Gasteiger partial charge in [0.15, 0.2) is 0 Å². The first-order valence-corrected chi connectivity index (χ1v) is 7.96. The molecule has 3 rings (SSSR count). The lowest BCUT2D eigenvalue weighted by atomic mass is 9.97. The summed E-state index contributed by atoms with van der Waals surface area (Å²) in [5.41, 5.74) is 7.60. The molecule has 0 radical (unpaired) electrons. The van der Waals surface area contributed by atoms with Gasteiger partial charge >= 0.3 is 5.97 Å². The largest absolute Gasteiger partial charge is 0.481 e. The van der Waals surface area contributed by atoms with E-state index in [-0.39, 0.29) is 6.42 Å². The van der Waals surface area contributed by atoms with E-state index in [0.717, 1.165) is 27.9 Å². The maximum absolute atomic E-state index is 11.0. The molecule has 0 heterocycles. The van der Waals surface area contributed by atoms with Gasteiger partial charge in [-0.25, -0.2) is 0 Å². The average Bonchev–Trinajstić information content (AvgIpc) is 2.63. The van der Waals surface area contributed by atoms with Crippen LogP contribution in [0.25, 0.3) is 11.1 Å². The van der Waals surface area contributed by atoms with Crippen molar-refractivity contribution in [2.75, 3.05) is 5.43 Å². The summed E-state index contributed by atoms with van der Waals surface area (Å²) in [6.45, 7) is 0. The fraction of sp³-hybridized carbons (Fsp3) is 0.0476. The summed E-state index contributed by atoms with van der Waals surface area (Å²) in [5.74, 6) is -0.830. The van der Waals surface area contributed by atoms with Crippen molar-refractivity contribution in [2.24, 2.45) is 5.10 Å². The number of hydrazone groups is 1. The number of carbonyl (C=O) groups is 1. The predicted octanol–water partition coefficient (Wildman–Crippen LogP) is 4.43. The molecule has 0 spiro atoms. The summed E-state index contributed by atoms with van der Waals surface area (Å²) >= 11 is 0. The van der Waals surface area contributed by atoms with E-state index in [9.17, 15) is 4.79 Å².